The summed E-state index contributed by atoms with van der Waals surface area (Å²) < 4.78 is 5.37. The number of hydrogen-bond acceptors (Lipinski definition) is 3. The van der Waals surface area contributed by atoms with Crippen LogP contribution in [0.3, 0.4) is 0 Å². The summed E-state index contributed by atoms with van der Waals surface area (Å²) >= 11 is 0. The van der Waals surface area contributed by atoms with Gasteiger partial charge in [0.15, 0.2) is 0 Å². The number of aliphatic carboxylic acids is 1. The van der Waals surface area contributed by atoms with E-state index < -0.39 is 11.9 Å². The van der Waals surface area contributed by atoms with Crippen molar-refractivity contribution in [3.8, 4) is 0 Å². The van der Waals surface area contributed by atoms with Crippen LogP contribution in [0.25, 0.3) is 0 Å². The first-order valence-corrected chi connectivity index (χ1v) is 7.40. The van der Waals surface area contributed by atoms with Gasteiger partial charge in [-0.1, -0.05) is 0 Å². The summed E-state index contributed by atoms with van der Waals surface area (Å²) in [6.07, 6.45) is 3.81. The Bertz CT molecular complexity index is 368. The second kappa shape index (κ2) is 6.43. The van der Waals surface area contributed by atoms with Gasteiger partial charge in [0, 0.05) is 32.8 Å². The second-order valence-corrected chi connectivity index (χ2v) is 5.88. The molecule has 2 N–H and O–H groups in total. The smallest absolute Gasteiger partial charge is 0.317 e. The molecule has 20 heavy (non-hydrogen) atoms. The quantitative estimate of drug-likeness (QED) is 0.691. The molecule has 1 unspecified atom stereocenters. The monoisotopic (exact) mass is 284 g/mol. The summed E-state index contributed by atoms with van der Waals surface area (Å²) in [6, 6.07) is -0.128. The molecule has 114 valence electrons. The van der Waals surface area contributed by atoms with Gasteiger partial charge in [-0.2, -0.15) is 0 Å². The number of amides is 2. The van der Waals surface area contributed by atoms with Crippen molar-refractivity contribution in [1.82, 2.24) is 10.2 Å². The van der Waals surface area contributed by atoms with Crippen LogP contribution in [0.4, 0.5) is 4.79 Å². The summed E-state index contributed by atoms with van der Waals surface area (Å²) in [5, 5.41) is 11.9. The zero-order valence-electron chi connectivity index (χ0n) is 12.1. The lowest BCUT2D eigenvalue weighted by atomic mass is 10.0. The number of hydrogen-bond donors (Lipinski definition) is 2. The number of carboxylic acid groups (broad SMARTS) is 1. The number of likely N-dealkylation sites (tertiary alicyclic amines) is 1. The maximum Gasteiger partial charge on any atom is 0.317 e. The average Bonchev–Trinajstić information content (AvgIpc) is 3.01. The molecule has 2 amide bonds. The summed E-state index contributed by atoms with van der Waals surface area (Å²) in [4.78, 5) is 24.5. The predicted octanol–water partition coefficient (Wildman–Crippen LogP) is 1.31. The van der Waals surface area contributed by atoms with Crippen molar-refractivity contribution in [3.05, 3.63) is 0 Å². The second-order valence-electron chi connectivity index (χ2n) is 5.88. The van der Waals surface area contributed by atoms with Gasteiger partial charge in [-0.3, -0.25) is 4.79 Å². The average molecular weight is 284 g/mol. The molecule has 1 aliphatic carbocycles. The minimum atomic E-state index is -0.810. The number of ether oxygens (including phenoxy) is 1. The van der Waals surface area contributed by atoms with Gasteiger partial charge >= 0.3 is 12.0 Å². The molecular formula is C14H24N2O4. The summed E-state index contributed by atoms with van der Waals surface area (Å²) in [5.41, 5.74) is 0.219. The largest absolute Gasteiger partial charge is 0.481 e. The molecule has 0 spiro atoms. The van der Waals surface area contributed by atoms with Crippen molar-refractivity contribution in [2.24, 2.45) is 11.3 Å². The highest BCUT2D eigenvalue weighted by Crippen LogP contribution is 2.48. The van der Waals surface area contributed by atoms with E-state index in [1.165, 1.54) is 0 Å². The minimum absolute atomic E-state index is 0.128. The Morgan fingerprint density at radius 1 is 1.45 bits per heavy atom. The molecule has 6 nitrogen and oxygen atoms in total. The van der Waals surface area contributed by atoms with E-state index >= 15 is 0 Å². The van der Waals surface area contributed by atoms with E-state index in [9.17, 15) is 9.59 Å². The van der Waals surface area contributed by atoms with Crippen LogP contribution in [-0.2, 0) is 9.53 Å². The Labute approximate surface area is 119 Å². The van der Waals surface area contributed by atoms with Gasteiger partial charge < -0.3 is 20.1 Å². The number of carbonyl (C=O) groups is 2. The van der Waals surface area contributed by atoms with Gasteiger partial charge in [0.1, 0.15) is 0 Å². The number of urea groups is 1. The van der Waals surface area contributed by atoms with E-state index in [0.29, 0.717) is 26.1 Å². The zero-order valence-corrected chi connectivity index (χ0v) is 12.1. The summed E-state index contributed by atoms with van der Waals surface area (Å²) in [5.74, 6) is -1.22. The molecule has 2 fully saturated rings. The van der Waals surface area contributed by atoms with E-state index in [-0.39, 0.29) is 11.4 Å². The van der Waals surface area contributed by atoms with Crippen molar-refractivity contribution < 1.29 is 19.4 Å². The number of nitrogens with one attached hydrogen (secondary N) is 1. The van der Waals surface area contributed by atoms with Gasteiger partial charge in [0.05, 0.1) is 5.92 Å². The molecule has 1 aliphatic heterocycles. The minimum Gasteiger partial charge on any atom is -0.481 e. The third-order valence-corrected chi connectivity index (χ3v) is 4.38. The fraction of sp³-hybridized carbons (Fsp3) is 0.857. The van der Waals surface area contributed by atoms with E-state index in [1.54, 1.807) is 4.90 Å². The molecule has 2 aliphatic rings. The number of nitrogens with zero attached hydrogens (tertiary/aromatic N) is 1. The molecule has 1 heterocycles. The van der Waals surface area contributed by atoms with E-state index in [1.807, 2.05) is 6.92 Å². The lowest BCUT2D eigenvalue weighted by molar-refractivity contribution is -0.141. The van der Waals surface area contributed by atoms with Gasteiger partial charge in [-0.05, 0) is 38.0 Å². The van der Waals surface area contributed by atoms with Crippen LogP contribution in [0.1, 0.15) is 32.6 Å². The molecule has 1 saturated heterocycles. The maximum absolute atomic E-state index is 12.0. The highest BCUT2D eigenvalue weighted by Gasteiger charge is 2.42. The Hall–Kier alpha value is -1.30. The third kappa shape index (κ3) is 3.85. The summed E-state index contributed by atoms with van der Waals surface area (Å²) in [6.45, 7) is 4.99. The number of rotatable bonds is 7. The van der Waals surface area contributed by atoms with Crippen molar-refractivity contribution in [2.75, 3.05) is 32.8 Å². The van der Waals surface area contributed by atoms with Gasteiger partial charge in [-0.15, -0.1) is 0 Å². The lowest BCUT2D eigenvalue weighted by Crippen LogP contribution is -2.41. The fourth-order valence-electron chi connectivity index (χ4n) is 2.65. The van der Waals surface area contributed by atoms with Crippen molar-refractivity contribution in [2.45, 2.75) is 32.6 Å². The Morgan fingerprint density at radius 3 is 2.75 bits per heavy atom. The molecule has 0 aromatic rings. The van der Waals surface area contributed by atoms with Crippen molar-refractivity contribution in [1.29, 1.82) is 0 Å². The van der Waals surface area contributed by atoms with E-state index in [2.05, 4.69) is 5.32 Å². The predicted molar refractivity (Wildman–Crippen MR) is 73.5 cm³/mol. The fourth-order valence-corrected chi connectivity index (χ4v) is 2.65. The van der Waals surface area contributed by atoms with Gasteiger partial charge in [-0.25, -0.2) is 4.79 Å². The first kappa shape index (κ1) is 15.1. The zero-order chi connectivity index (χ0) is 14.6. The van der Waals surface area contributed by atoms with Crippen molar-refractivity contribution >= 4 is 12.0 Å². The van der Waals surface area contributed by atoms with Crippen LogP contribution < -0.4 is 5.32 Å². The molecule has 1 saturated carbocycles. The number of carbonyl (C=O) groups excluding carboxylic acids is 1. The van der Waals surface area contributed by atoms with Crippen LogP contribution in [0.2, 0.25) is 0 Å². The first-order valence-electron chi connectivity index (χ1n) is 7.40. The van der Waals surface area contributed by atoms with E-state index in [0.717, 1.165) is 32.5 Å². The molecule has 0 radical (unpaired) electrons. The lowest BCUT2D eigenvalue weighted by Gasteiger charge is -2.20. The van der Waals surface area contributed by atoms with Crippen LogP contribution in [-0.4, -0.2) is 54.9 Å². The van der Waals surface area contributed by atoms with Gasteiger partial charge in [0.25, 0.3) is 0 Å². The molecule has 0 bridgehead atoms. The SMILES string of the molecule is CCOCCC1(CNC(=O)N2CCC(C(=O)O)C2)CC1. The molecular weight excluding hydrogens is 260 g/mol. The molecule has 0 aromatic carbocycles. The Kier molecular flexibility index (Phi) is 4.86. The van der Waals surface area contributed by atoms with Crippen LogP contribution in [0.15, 0.2) is 0 Å². The highest BCUT2D eigenvalue weighted by atomic mass is 16.5. The van der Waals surface area contributed by atoms with E-state index in [4.69, 9.17) is 9.84 Å². The number of carboxylic acids is 1. The molecule has 1 atom stereocenters. The Morgan fingerprint density at radius 2 is 2.20 bits per heavy atom. The van der Waals surface area contributed by atoms with Gasteiger partial charge in [0.2, 0.25) is 0 Å². The maximum atomic E-state index is 12.0. The molecule has 6 heteroatoms. The highest BCUT2D eigenvalue weighted by molar-refractivity contribution is 5.77. The topological polar surface area (TPSA) is 78.9 Å². The summed E-state index contributed by atoms with van der Waals surface area (Å²) in [7, 11) is 0. The Balaban J connectivity index is 1.69. The van der Waals surface area contributed by atoms with Crippen molar-refractivity contribution in [3.63, 3.8) is 0 Å². The van der Waals surface area contributed by atoms with Crippen LogP contribution in [0, 0.1) is 11.3 Å². The first-order chi connectivity index (χ1) is 9.56. The normalized spacial score (nSPS) is 23.6. The van der Waals surface area contributed by atoms with Crippen LogP contribution >= 0.6 is 0 Å². The molecule has 0 aromatic heterocycles. The van der Waals surface area contributed by atoms with Crippen LogP contribution in [0.5, 0.6) is 0 Å². The third-order valence-electron chi connectivity index (χ3n) is 4.38. The molecule has 2 rings (SSSR count). The standard InChI is InChI=1S/C14H24N2O4/c1-2-20-8-6-14(4-5-14)10-15-13(19)16-7-3-11(9-16)12(17)18/h11H,2-10H2,1H3,(H,15,19)(H,17,18).